The zero-order valence-electron chi connectivity index (χ0n) is 14.2. The molecule has 2 rings (SSSR count). The van der Waals surface area contributed by atoms with Gasteiger partial charge in [0.1, 0.15) is 0 Å². The highest BCUT2D eigenvalue weighted by Crippen LogP contribution is 2.24. The van der Waals surface area contributed by atoms with Gasteiger partial charge in [0.25, 0.3) is 0 Å². The van der Waals surface area contributed by atoms with Crippen LogP contribution in [0.15, 0.2) is 24.3 Å². The quantitative estimate of drug-likeness (QED) is 0.617. The van der Waals surface area contributed by atoms with Gasteiger partial charge in [0.15, 0.2) is 0 Å². The van der Waals surface area contributed by atoms with Crippen LogP contribution in [-0.2, 0) is 11.3 Å². The number of nitrogens with one attached hydrogen (secondary N) is 3. The number of aliphatic carboxylic acids is 1. The number of amides is 2. The predicted molar refractivity (Wildman–Crippen MR) is 94.0 cm³/mol. The molecule has 1 saturated carbocycles. The number of anilines is 1. The Bertz CT molecular complexity index is 537. The summed E-state index contributed by atoms with van der Waals surface area (Å²) < 4.78 is 0. The standard InChI is InChI=1S/C18H27N3O3/c1-2-11-19-15-7-3-13(4-8-15)12-20-18(24)21-16-9-5-14(6-10-16)17(22)23/h3-4,7-8,14,16,19H,2,5-6,9-12H2,1H3,(H,22,23)(H2,20,21,24). The van der Waals surface area contributed by atoms with Crippen LogP contribution in [0.2, 0.25) is 0 Å². The second-order valence-corrected chi connectivity index (χ2v) is 6.34. The largest absolute Gasteiger partial charge is 0.481 e. The van der Waals surface area contributed by atoms with Gasteiger partial charge in [-0.1, -0.05) is 19.1 Å². The lowest BCUT2D eigenvalue weighted by atomic mass is 9.86. The molecule has 132 valence electrons. The third-order valence-electron chi connectivity index (χ3n) is 4.40. The number of benzene rings is 1. The van der Waals surface area contributed by atoms with Crippen LogP contribution < -0.4 is 16.0 Å². The molecule has 24 heavy (non-hydrogen) atoms. The average Bonchev–Trinajstić information content (AvgIpc) is 2.59. The lowest BCUT2D eigenvalue weighted by Crippen LogP contribution is -2.43. The summed E-state index contributed by atoms with van der Waals surface area (Å²) in [5.41, 5.74) is 2.13. The molecule has 0 spiro atoms. The first-order chi connectivity index (χ1) is 11.6. The van der Waals surface area contributed by atoms with Crippen molar-refractivity contribution in [1.82, 2.24) is 10.6 Å². The molecule has 1 aromatic carbocycles. The maximum absolute atomic E-state index is 12.0. The first-order valence-electron chi connectivity index (χ1n) is 8.68. The zero-order valence-corrected chi connectivity index (χ0v) is 14.2. The van der Waals surface area contributed by atoms with Crippen LogP contribution in [0.25, 0.3) is 0 Å². The van der Waals surface area contributed by atoms with Crippen LogP contribution in [0, 0.1) is 5.92 Å². The van der Waals surface area contributed by atoms with Crippen molar-refractivity contribution >= 4 is 17.7 Å². The summed E-state index contributed by atoms with van der Waals surface area (Å²) in [6.45, 7) is 3.55. The molecule has 1 fully saturated rings. The first kappa shape index (κ1) is 18.1. The number of hydrogen-bond acceptors (Lipinski definition) is 3. The summed E-state index contributed by atoms with van der Waals surface area (Å²) in [5, 5.41) is 18.1. The van der Waals surface area contributed by atoms with Gasteiger partial charge in [-0.05, 0) is 49.8 Å². The Morgan fingerprint density at radius 1 is 1.12 bits per heavy atom. The number of urea groups is 1. The molecule has 6 heteroatoms. The van der Waals surface area contributed by atoms with Gasteiger partial charge in [-0.25, -0.2) is 4.79 Å². The van der Waals surface area contributed by atoms with Gasteiger partial charge in [-0.15, -0.1) is 0 Å². The van der Waals surface area contributed by atoms with E-state index in [0.717, 1.165) is 37.1 Å². The van der Waals surface area contributed by atoms with E-state index in [2.05, 4.69) is 22.9 Å². The average molecular weight is 333 g/mol. The molecule has 0 aromatic heterocycles. The molecule has 1 aliphatic carbocycles. The minimum absolute atomic E-state index is 0.0706. The number of rotatable bonds is 7. The van der Waals surface area contributed by atoms with Crippen molar-refractivity contribution < 1.29 is 14.7 Å². The molecule has 0 aliphatic heterocycles. The van der Waals surface area contributed by atoms with Crippen LogP contribution in [-0.4, -0.2) is 29.7 Å². The van der Waals surface area contributed by atoms with Gasteiger partial charge in [-0.3, -0.25) is 4.79 Å². The second-order valence-electron chi connectivity index (χ2n) is 6.34. The molecule has 0 bridgehead atoms. The summed E-state index contributed by atoms with van der Waals surface area (Å²) in [6.07, 6.45) is 3.79. The highest BCUT2D eigenvalue weighted by molar-refractivity contribution is 5.74. The Labute approximate surface area is 143 Å². The zero-order chi connectivity index (χ0) is 17.4. The number of carbonyl (C=O) groups is 2. The van der Waals surface area contributed by atoms with Crippen LogP contribution in [0.1, 0.15) is 44.6 Å². The fourth-order valence-corrected chi connectivity index (χ4v) is 2.91. The van der Waals surface area contributed by atoms with Gasteiger partial charge in [0.05, 0.1) is 5.92 Å². The van der Waals surface area contributed by atoms with Crippen molar-refractivity contribution in [3.05, 3.63) is 29.8 Å². The smallest absolute Gasteiger partial charge is 0.315 e. The van der Waals surface area contributed by atoms with E-state index in [1.807, 2.05) is 24.3 Å². The Balaban J connectivity index is 1.69. The van der Waals surface area contributed by atoms with Gasteiger partial charge >= 0.3 is 12.0 Å². The highest BCUT2D eigenvalue weighted by atomic mass is 16.4. The Morgan fingerprint density at radius 2 is 1.79 bits per heavy atom. The third-order valence-corrected chi connectivity index (χ3v) is 4.40. The van der Waals surface area contributed by atoms with Gasteiger partial charge in [-0.2, -0.15) is 0 Å². The summed E-state index contributed by atoms with van der Waals surface area (Å²) in [5.74, 6) is -0.985. The maximum atomic E-state index is 12.0. The highest BCUT2D eigenvalue weighted by Gasteiger charge is 2.26. The Morgan fingerprint density at radius 3 is 2.38 bits per heavy atom. The Hall–Kier alpha value is -2.24. The minimum atomic E-state index is -0.727. The first-order valence-corrected chi connectivity index (χ1v) is 8.68. The molecule has 2 amide bonds. The van der Waals surface area contributed by atoms with E-state index in [0.29, 0.717) is 19.4 Å². The number of carboxylic acids is 1. The fraction of sp³-hybridized carbons (Fsp3) is 0.556. The van der Waals surface area contributed by atoms with Crippen molar-refractivity contribution in [2.45, 2.75) is 51.6 Å². The third kappa shape index (κ3) is 5.76. The summed E-state index contributed by atoms with van der Waals surface area (Å²) >= 11 is 0. The fourth-order valence-electron chi connectivity index (χ4n) is 2.91. The molecule has 0 atom stereocenters. The molecule has 4 N–H and O–H groups in total. The lowest BCUT2D eigenvalue weighted by molar-refractivity contribution is -0.142. The molecular weight excluding hydrogens is 306 g/mol. The number of carboxylic acid groups (broad SMARTS) is 1. The number of hydrogen-bond donors (Lipinski definition) is 4. The molecule has 1 aromatic rings. The summed E-state index contributed by atoms with van der Waals surface area (Å²) in [7, 11) is 0. The van der Waals surface area contributed by atoms with Crippen LogP contribution in [0.3, 0.4) is 0 Å². The van der Waals surface area contributed by atoms with E-state index in [1.165, 1.54) is 0 Å². The summed E-state index contributed by atoms with van der Waals surface area (Å²) in [6, 6.07) is 7.89. The molecule has 0 saturated heterocycles. The number of carbonyl (C=O) groups excluding carboxylic acids is 1. The molecular formula is C18H27N3O3. The Kier molecular flexibility index (Phi) is 6.90. The topological polar surface area (TPSA) is 90.5 Å². The van der Waals surface area contributed by atoms with Crippen LogP contribution in [0.5, 0.6) is 0 Å². The maximum Gasteiger partial charge on any atom is 0.315 e. The normalized spacial score (nSPS) is 20.2. The van der Waals surface area contributed by atoms with E-state index >= 15 is 0 Å². The van der Waals surface area contributed by atoms with Crippen molar-refractivity contribution in [3.63, 3.8) is 0 Å². The van der Waals surface area contributed by atoms with Crippen molar-refractivity contribution in [2.75, 3.05) is 11.9 Å². The molecule has 6 nitrogen and oxygen atoms in total. The van der Waals surface area contributed by atoms with Gasteiger partial charge < -0.3 is 21.1 Å². The van der Waals surface area contributed by atoms with Crippen molar-refractivity contribution in [1.29, 1.82) is 0 Å². The van der Waals surface area contributed by atoms with Crippen molar-refractivity contribution in [3.8, 4) is 0 Å². The molecule has 0 radical (unpaired) electrons. The van der Waals surface area contributed by atoms with E-state index in [4.69, 9.17) is 5.11 Å². The van der Waals surface area contributed by atoms with E-state index in [-0.39, 0.29) is 18.0 Å². The predicted octanol–water partition coefficient (Wildman–Crippen LogP) is 2.95. The second kappa shape index (κ2) is 9.15. The molecule has 1 aliphatic rings. The van der Waals surface area contributed by atoms with Gasteiger partial charge in [0.2, 0.25) is 0 Å². The van der Waals surface area contributed by atoms with E-state index in [9.17, 15) is 9.59 Å². The van der Waals surface area contributed by atoms with E-state index < -0.39 is 5.97 Å². The molecule has 0 unspecified atom stereocenters. The van der Waals surface area contributed by atoms with Crippen LogP contribution in [0.4, 0.5) is 10.5 Å². The lowest BCUT2D eigenvalue weighted by Gasteiger charge is -2.26. The van der Waals surface area contributed by atoms with E-state index in [1.54, 1.807) is 0 Å². The SMILES string of the molecule is CCCNc1ccc(CNC(=O)NC2CCC(C(=O)O)CC2)cc1. The minimum Gasteiger partial charge on any atom is -0.481 e. The monoisotopic (exact) mass is 333 g/mol. The summed E-state index contributed by atoms with van der Waals surface area (Å²) in [4.78, 5) is 22.9. The van der Waals surface area contributed by atoms with Crippen molar-refractivity contribution in [2.24, 2.45) is 5.92 Å². The molecule has 0 heterocycles. The van der Waals surface area contributed by atoms with Gasteiger partial charge in [0, 0.05) is 24.8 Å². The van der Waals surface area contributed by atoms with Crippen LogP contribution >= 0.6 is 0 Å².